The third-order valence-electron chi connectivity index (χ3n) is 3.46. The number of aliphatic hydroxyl groups is 2. The highest BCUT2D eigenvalue weighted by Gasteiger charge is 2.35. The van der Waals surface area contributed by atoms with E-state index in [0.717, 1.165) is 0 Å². The number of aliphatic hydroxyl groups excluding tert-OH is 1. The van der Waals surface area contributed by atoms with Crippen LogP contribution in [-0.2, 0) is 9.53 Å². The maximum absolute atomic E-state index is 12.3. The molecule has 0 bridgehead atoms. The summed E-state index contributed by atoms with van der Waals surface area (Å²) >= 11 is 0. The molecule has 26 heavy (non-hydrogen) atoms. The smallest absolute Gasteiger partial charge is 0.331 e. The van der Waals surface area contributed by atoms with Crippen LogP contribution in [0.2, 0.25) is 0 Å². The topological polar surface area (TPSA) is 95.9 Å². The molecule has 0 aromatic heterocycles. The van der Waals surface area contributed by atoms with E-state index in [1.54, 1.807) is 24.3 Å². The van der Waals surface area contributed by atoms with Gasteiger partial charge in [0.2, 0.25) is 0 Å². The van der Waals surface area contributed by atoms with Crippen LogP contribution in [0, 0.1) is 23.7 Å². The first-order valence-electron chi connectivity index (χ1n) is 8.09. The number of ether oxygens (including phenoxy) is 1. The van der Waals surface area contributed by atoms with Crippen LogP contribution >= 0.6 is 0 Å². The Labute approximate surface area is 153 Å². The van der Waals surface area contributed by atoms with E-state index in [1.165, 1.54) is 21.0 Å². The summed E-state index contributed by atoms with van der Waals surface area (Å²) < 4.78 is 4.61. The van der Waals surface area contributed by atoms with Gasteiger partial charge in [0.25, 0.3) is 5.91 Å². The van der Waals surface area contributed by atoms with Gasteiger partial charge in [0, 0.05) is 11.1 Å². The second kappa shape index (κ2) is 9.62. The van der Waals surface area contributed by atoms with Crippen molar-refractivity contribution in [3.63, 3.8) is 0 Å². The van der Waals surface area contributed by atoms with Crippen LogP contribution in [-0.4, -0.2) is 46.9 Å². The lowest BCUT2D eigenvalue weighted by Crippen LogP contribution is -2.54. The molecule has 6 nitrogen and oxygen atoms in total. The molecular formula is C20H23NO5. The molecule has 3 N–H and O–H groups in total. The summed E-state index contributed by atoms with van der Waals surface area (Å²) in [7, 11) is 1.18. The van der Waals surface area contributed by atoms with Gasteiger partial charge >= 0.3 is 5.97 Å². The van der Waals surface area contributed by atoms with Crippen molar-refractivity contribution in [3.05, 3.63) is 35.4 Å². The van der Waals surface area contributed by atoms with E-state index in [9.17, 15) is 19.8 Å². The molecule has 0 aliphatic heterocycles. The Morgan fingerprint density at radius 3 is 2.35 bits per heavy atom. The fourth-order valence-electron chi connectivity index (χ4n) is 1.89. The maximum atomic E-state index is 12.3. The molecule has 0 aliphatic rings. The van der Waals surface area contributed by atoms with Crippen molar-refractivity contribution >= 4 is 11.9 Å². The molecule has 0 saturated heterocycles. The van der Waals surface area contributed by atoms with E-state index in [2.05, 4.69) is 33.7 Å². The predicted octanol–water partition coefficient (Wildman–Crippen LogP) is 0.855. The molecule has 1 unspecified atom stereocenters. The predicted molar refractivity (Wildman–Crippen MR) is 97.0 cm³/mol. The molecule has 1 aromatic carbocycles. The fourth-order valence-corrected chi connectivity index (χ4v) is 1.89. The minimum Gasteiger partial charge on any atom is -0.467 e. The second-order valence-electron chi connectivity index (χ2n) is 6.10. The third-order valence-corrected chi connectivity index (χ3v) is 3.46. The van der Waals surface area contributed by atoms with Gasteiger partial charge in [-0.15, -0.1) is 0 Å². The zero-order valence-electron chi connectivity index (χ0n) is 15.3. The number of hydrogen-bond donors (Lipinski definition) is 3. The van der Waals surface area contributed by atoms with Crippen molar-refractivity contribution in [2.75, 3.05) is 7.11 Å². The monoisotopic (exact) mass is 357 g/mol. The number of amides is 1. The van der Waals surface area contributed by atoms with Crippen LogP contribution in [0.1, 0.15) is 43.1 Å². The molecule has 1 aromatic rings. The number of carbonyl (C=O) groups excluding carboxylic acids is 2. The lowest BCUT2D eigenvalue weighted by atomic mass is 9.98. The van der Waals surface area contributed by atoms with E-state index in [4.69, 9.17) is 0 Å². The van der Waals surface area contributed by atoms with Crippen molar-refractivity contribution in [1.29, 1.82) is 0 Å². The van der Waals surface area contributed by atoms with Crippen LogP contribution in [0.4, 0.5) is 0 Å². The Morgan fingerprint density at radius 1 is 1.23 bits per heavy atom. The fraction of sp³-hybridized carbons (Fsp3) is 0.400. The van der Waals surface area contributed by atoms with Gasteiger partial charge in [0.1, 0.15) is 6.10 Å². The highest BCUT2D eigenvalue weighted by atomic mass is 16.5. The van der Waals surface area contributed by atoms with Gasteiger partial charge < -0.3 is 20.3 Å². The molecule has 0 radical (unpaired) electrons. The summed E-state index contributed by atoms with van der Waals surface area (Å²) in [6, 6.07) is 5.17. The Balaban J connectivity index is 2.84. The quantitative estimate of drug-likeness (QED) is 0.536. The summed E-state index contributed by atoms with van der Waals surface area (Å²) in [5, 5.41) is 21.8. The van der Waals surface area contributed by atoms with Crippen molar-refractivity contribution in [3.8, 4) is 23.7 Å². The van der Waals surface area contributed by atoms with Gasteiger partial charge in [-0.1, -0.05) is 18.8 Å². The van der Waals surface area contributed by atoms with Crippen LogP contribution < -0.4 is 5.32 Å². The van der Waals surface area contributed by atoms with Crippen molar-refractivity contribution in [1.82, 2.24) is 5.32 Å². The minimum absolute atomic E-state index is 0.307. The number of esters is 1. The summed E-state index contributed by atoms with van der Waals surface area (Å²) in [6.07, 6.45) is -0.149. The number of benzene rings is 1. The maximum Gasteiger partial charge on any atom is 0.331 e. The van der Waals surface area contributed by atoms with Gasteiger partial charge in [0.15, 0.2) is 6.04 Å². The standard InChI is InChI=1S/C20H23NO5/c1-5-16(22)9-7-6-8-14-10-12-15(13-11-14)18(23)21-17(19(24)26-4)20(2,3)25/h10-13,16-17,22,25H,5H2,1-4H3,(H,21,23)/t16?,17-/m1/s1. The highest BCUT2D eigenvalue weighted by Crippen LogP contribution is 2.12. The lowest BCUT2D eigenvalue weighted by molar-refractivity contribution is -0.148. The molecule has 138 valence electrons. The average Bonchev–Trinajstić information content (AvgIpc) is 2.61. The Morgan fingerprint density at radius 2 is 1.85 bits per heavy atom. The minimum atomic E-state index is -1.48. The van der Waals surface area contributed by atoms with Crippen molar-refractivity contribution in [2.45, 2.75) is 44.9 Å². The van der Waals surface area contributed by atoms with E-state index in [1.807, 2.05) is 6.92 Å². The van der Waals surface area contributed by atoms with Gasteiger partial charge in [-0.05, 0) is 56.4 Å². The molecule has 0 heterocycles. The number of nitrogens with one attached hydrogen (secondary N) is 1. The summed E-state index contributed by atoms with van der Waals surface area (Å²) in [5.41, 5.74) is -0.523. The van der Waals surface area contributed by atoms with Crippen LogP contribution in [0.15, 0.2) is 24.3 Å². The molecule has 0 saturated carbocycles. The Kier molecular flexibility index (Phi) is 7.86. The number of rotatable bonds is 5. The molecule has 1 amide bonds. The van der Waals surface area contributed by atoms with Gasteiger partial charge in [-0.3, -0.25) is 4.79 Å². The average molecular weight is 357 g/mol. The zero-order chi connectivity index (χ0) is 19.7. The SMILES string of the molecule is CCC(O)C#CC#Cc1ccc(C(=O)N[C@H](C(=O)OC)C(C)(C)O)cc1. The normalized spacial score (nSPS) is 12.5. The Bertz CT molecular complexity index is 754. The number of hydrogen-bond acceptors (Lipinski definition) is 5. The first kappa shape index (κ1) is 21.2. The molecule has 0 aliphatic carbocycles. The van der Waals surface area contributed by atoms with Crippen molar-refractivity contribution < 1.29 is 24.5 Å². The van der Waals surface area contributed by atoms with E-state index < -0.39 is 29.6 Å². The van der Waals surface area contributed by atoms with Gasteiger partial charge in [-0.2, -0.15) is 0 Å². The first-order chi connectivity index (χ1) is 12.2. The Hall–Kier alpha value is -2.80. The number of methoxy groups -OCH3 is 1. The molecule has 2 atom stereocenters. The third kappa shape index (κ3) is 6.60. The van der Waals surface area contributed by atoms with E-state index in [0.29, 0.717) is 17.5 Å². The van der Waals surface area contributed by atoms with Crippen LogP contribution in [0.25, 0.3) is 0 Å². The summed E-state index contributed by atoms with van der Waals surface area (Å²) in [5.74, 6) is 9.32. The summed E-state index contributed by atoms with van der Waals surface area (Å²) in [4.78, 5) is 24.0. The highest BCUT2D eigenvalue weighted by molar-refractivity contribution is 5.97. The van der Waals surface area contributed by atoms with Gasteiger partial charge in [0.05, 0.1) is 12.7 Å². The zero-order valence-corrected chi connectivity index (χ0v) is 15.3. The second-order valence-corrected chi connectivity index (χ2v) is 6.10. The van der Waals surface area contributed by atoms with Crippen LogP contribution in [0.3, 0.4) is 0 Å². The molecule has 1 rings (SSSR count). The largest absolute Gasteiger partial charge is 0.467 e. The molecule has 0 fully saturated rings. The van der Waals surface area contributed by atoms with E-state index >= 15 is 0 Å². The van der Waals surface area contributed by atoms with E-state index in [-0.39, 0.29) is 0 Å². The molecule has 0 spiro atoms. The molecule has 6 heteroatoms. The number of carbonyl (C=O) groups is 2. The van der Waals surface area contributed by atoms with Crippen LogP contribution in [0.5, 0.6) is 0 Å². The molecular weight excluding hydrogens is 334 g/mol. The van der Waals surface area contributed by atoms with Gasteiger partial charge in [-0.25, -0.2) is 4.79 Å². The first-order valence-corrected chi connectivity index (χ1v) is 8.09. The lowest BCUT2D eigenvalue weighted by Gasteiger charge is -2.27. The van der Waals surface area contributed by atoms with Crippen molar-refractivity contribution in [2.24, 2.45) is 0 Å². The summed E-state index contributed by atoms with van der Waals surface area (Å²) in [6.45, 7) is 4.63.